The molecular weight excluding hydrogens is 541 g/mol. The number of carbonyl (C=O) groups excluding carboxylic acids is 1. The van der Waals surface area contributed by atoms with Gasteiger partial charge in [0.2, 0.25) is 0 Å². The summed E-state index contributed by atoms with van der Waals surface area (Å²) in [6.45, 7) is 4.52. The number of halogens is 2. The smallest absolute Gasteiger partial charge is 0.251 e. The van der Waals surface area contributed by atoms with E-state index in [1.807, 2.05) is 62.3 Å². The van der Waals surface area contributed by atoms with Crippen molar-refractivity contribution in [1.29, 1.82) is 0 Å². The van der Waals surface area contributed by atoms with Crippen LogP contribution < -0.4 is 20.7 Å². The Hall–Kier alpha value is -2.04. The highest BCUT2D eigenvalue weighted by Gasteiger charge is 2.08. The van der Waals surface area contributed by atoms with E-state index in [2.05, 4.69) is 20.9 Å². The maximum Gasteiger partial charge on any atom is 0.251 e. The van der Waals surface area contributed by atoms with Gasteiger partial charge < -0.3 is 25.6 Å². The lowest BCUT2D eigenvalue weighted by atomic mass is 10.1. The van der Waals surface area contributed by atoms with Crippen LogP contribution in [-0.4, -0.2) is 63.6 Å². The van der Waals surface area contributed by atoms with Crippen molar-refractivity contribution in [3.63, 3.8) is 0 Å². The lowest BCUT2D eigenvalue weighted by Crippen LogP contribution is -2.41. The molecule has 9 heteroatoms. The molecule has 2 rings (SSSR count). The summed E-state index contributed by atoms with van der Waals surface area (Å²) in [6.07, 6.45) is -0.0612. The first-order chi connectivity index (χ1) is 14.9. The van der Waals surface area contributed by atoms with Crippen molar-refractivity contribution in [3.8, 4) is 5.75 Å². The van der Waals surface area contributed by atoms with Crippen LogP contribution in [0.3, 0.4) is 0 Å². The van der Waals surface area contributed by atoms with Gasteiger partial charge in [-0.3, -0.25) is 9.79 Å². The zero-order chi connectivity index (χ0) is 22.6. The molecule has 0 aromatic heterocycles. The van der Waals surface area contributed by atoms with Gasteiger partial charge in [-0.05, 0) is 63.0 Å². The number of hydrogen-bond donors (Lipinski definition) is 3. The number of carbonyl (C=O) groups is 1. The van der Waals surface area contributed by atoms with E-state index in [0.29, 0.717) is 36.2 Å². The standard InChI is InChI=1S/C23H32ClN5O2.HI/c1-17(31-21-10-8-20(24)9-11-21)15-27-23(25-2)28-16-18-6-5-7-19(14-18)22(30)26-12-13-29(3)4;/h5-11,14,17H,12-13,15-16H2,1-4H3,(H,26,30)(H2,25,27,28);1H. The highest BCUT2D eigenvalue weighted by Crippen LogP contribution is 2.16. The van der Waals surface area contributed by atoms with Crippen LogP contribution in [0.4, 0.5) is 0 Å². The summed E-state index contributed by atoms with van der Waals surface area (Å²) in [7, 11) is 5.67. The minimum Gasteiger partial charge on any atom is -0.489 e. The van der Waals surface area contributed by atoms with Gasteiger partial charge in [0.25, 0.3) is 5.91 Å². The Morgan fingerprint density at radius 1 is 1.12 bits per heavy atom. The summed E-state index contributed by atoms with van der Waals surface area (Å²) < 4.78 is 5.86. The number of aliphatic imine (C=N–C) groups is 1. The van der Waals surface area contributed by atoms with Crippen LogP contribution in [0.5, 0.6) is 5.75 Å². The number of nitrogens with one attached hydrogen (secondary N) is 3. The largest absolute Gasteiger partial charge is 0.489 e. The second kappa shape index (κ2) is 14.9. The summed E-state index contributed by atoms with van der Waals surface area (Å²) >= 11 is 5.90. The summed E-state index contributed by atoms with van der Waals surface area (Å²) in [5, 5.41) is 10.1. The van der Waals surface area contributed by atoms with Crippen molar-refractivity contribution in [1.82, 2.24) is 20.9 Å². The van der Waals surface area contributed by atoms with Crippen LogP contribution in [0.1, 0.15) is 22.8 Å². The SMILES string of the molecule is CN=C(NCc1cccc(C(=O)NCCN(C)C)c1)NCC(C)Oc1ccc(Cl)cc1.I. The molecule has 0 fully saturated rings. The van der Waals surface area contributed by atoms with Gasteiger partial charge in [0, 0.05) is 37.3 Å². The third-order valence-corrected chi connectivity index (χ3v) is 4.68. The van der Waals surface area contributed by atoms with E-state index < -0.39 is 0 Å². The number of likely N-dealkylation sites (N-methyl/N-ethyl adjacent to an activating group) is 1. The predicted molar refractivity (Wildman–Crippen MR) is 142 cm³/mol. The Kier molecular flexibility index (Phi) is 13.0. The molecule has 32 heavy (non-hydrogen) atoms. The van der Waals surface area contributed by atoms with Crippen molar-refractivity contribution in [3.05, 3.63) is 64.7 Å². The van der Waals surface area contributed by atoms with Gasteiger partial charge in [-0.25, -0.2) is 0 Å². The topological polar surface area (TPSA) is 78.0 Å². The molecule has 2 aromatic carbocycles. The zero-order valence-corrected chi connectivity index (χ0v) is 22.1. The van der Waals surface area contributed by atoms with Gasteiger partial charge in [-0.15, -0.1) is 24.0 Å². The fraction of sp³-hybridized carbons (Fsp3) is 0.391. The molecule has 0 spiro atoms. The maximum absolute atomic E-state index is 12.3. The highest BCUT2D eigenvalue weighted by molar-refractivity contribution is 14.0. The van der Waals surface area contributed by atoms with Crippen molar-refractivity contribution >= 4 is 47.4 Å². The molecular formula is C23H33ClIN5O2. The van der Waals surface area contributed by atoms with Crippen molar-refractivity contribution in [2.24, 2.45) is 4.99 Å². The Bertz CT molecular complexity index is 862. The second-order valence-corrected chi connectivity index (χ2v) is 7.89. The first-order valence-electron chi connectivity index (χ1n) is 10.3. The molecule has 3 N–H and O–H groups in total. The Morgan fingerprint density at radius 3 is 2.50 bits per heavy atom. The quantitative estimate of drug-likeness (QED) is 0.231. The number of rotatable bonds is 10. The predicted octanol–water partition coefficient (Wildman–Crippen LogP) is 3.38. The lowest BCUT2D eigenvalue weighted by Gasteiger charge is -2.18. The van der Waals surface area contributed by atoms with Crippen LogP contribution in [0, 0.1) is 0 Å². The van der Waals surface area contributed by atoms with Gasteiger partial charge in [0.1, 0.15) is 11.9 Å². The number of hydrogen-bond acceptors (Lipinski definition) is 4. The molecule has 2 aromatic rings. The van der Waals surface area contributed by atoms with Gasteiger partial charge in [-0.2, -0.15) is 0 Å². The number of benzene rings is 2. The molecule has 0 aliphatic heterocycles. The van der Waals surface area contributed by atoms with Crippen molar-refractivity contribution in [2.75, 3.05) is 40.8 Å². The molecule has 176 valence electrons. The number of nitrogens with zero attached hydrogens (tertiary/aromatic N) is 2. The van der Waals surface area contributed by atoms with E-state index in [4.69, 9.17) is 16.3 Å². The maximum atomic E-state index is 12.3. The Balaban J connectivity index is 0.00000512. The average molecular weight is 574 g/mol. The Labute approximate surface area is 213 Å². The summed E-state index contributed by atoms with van der Waals surface area (Å²) in [4.78, 5) is 18.6. The van der Waals surface area contributed by atoms with Gasteiger partial charge in [0.15, 0.2) is 5.96 Å². The molecule has 0 saturated heterocycles. The highest BCUT2D eigenvalue weighted by atomic mass is 127. The van der Waals surface area contributed by atoms with Crippen LogP contribution in [-0.2, 0) is 6.54 Å². The van der Waals surface area contributed by atoms with E-state index in [1.165, 1.54) is 0 Å². The van der Waals surface area contributed by atoms with E-state index in [0.717, 1.165) is 17.9 Å². The fourth-order valence-corrected chi connectivity index (χ4v) is 2.88. The Morgan fingerprint density at radius 2 is 1.84 bits per heavy atom. The van der Waals surface area contributed by atoms with E-state index in [9.17, 15) is 4.79 Å². The molecule has 1 amide bonds. The first-order valence-corrected chi connectivity index (χ1v) is 10.6. The van der Waals surface area contributed by atoms with Crippen molar-refractivity contribution < 1.29 is 9.53 Å². The third-order valence-electron chi connectivity index (χ3n) is 4.43. The molecule has 0 saturated carbocycles. The third kappa shape index (κ3) is 10.5. The minimum atomic E-state index is -0.0700. The first kappa shape index (κ1) is 28.0. The molecule has 0 heterocycles. The number of ether oxygens (including phenoxy) is 1. The molecule has 7 nitrogen and oxygen atoms in total. The van der Waals surface area contributed by atoms with E-state index in [-0.39, 0.29) is 36.0 Å². The number of guanidine groups is 1. The molecule has 0 aliphatic rings. The van der Waals surface area contributed by atoms with E-state index >= 15 is 0 Å². The van der Waals surface area contributed by atoms with Crippen LogP contribution >= 0.6 is 35.6 Å². The fourth-order valence-electron chi connectivity index (χ4n) is 2.75. The van der Waals surface area contributed by atoms with Gasteiger partial charge in [-0.1, -0.05) is 23.7 Å². The van der Waals surface area contributed by atoms with Crippen LogP contribution in [0.25, 0.3) is 0 Å². The summed E-state index contributed by atoms with van der Waals surface area (Å²) in [6, 6.07) is 14.8. The molecule has 0 bridgehead atoms. The van der Waals surface area contributed by atoms with Gasteiger partial charge >= 0.3 is 0 Å². The molecule has 0 radical (unpaired) electrons. The zero-order valence-electron chi connectivity index (χ0n) is 19.0. The monoisotopic (exact) mass is 573 g/mol. The molecule has 1 unspecified atom stereocenters. The minimum absolute atomic E-state index is 0. The molecule has 0 aliphatic carbocycles. The van der Waals surface area contributed by atoms with E-state index in [1.54, 1.807) is 19.2 Å². The lowest BCUT2D eigenvalue weighted by molar-refractivity contribution is 0.0951. The van der Waals surface area contributed by atoms with Crippen LogP contribution in [0.15, 0.2) is 53.5 Å². The van der Waals surface area contributed by atoms with Crippen LogP contribution in [0.2, 0.25) is 5.02 Å². The average Bonchev–Trinajstić information content (AvgIpc) is 2.75. The number of amides is 1. The molecule has 1 atom stereocenters. The van der Waals surface area contributed by atoms with Gasteiger partial charge in [0.05, 0.1) is 6.54 Å². The van der Waals surface area contributed by atoms with Crippen molar-refractivity contribution in [2.45, 2.75) is 19.6 Å². The summed E-state index contributed by atoms with van der Waals surface area (Å²) in [5.41, 5.74) is 1.64. The second-order valence-electron chi connectivity index (χ2n) is 7.45. The summed E-state index contributed by atoms with van der Waals surface area (Å²) in [5.74, 6) is 1.36. The normalized spacial score (nSPS) is 12.0.